The van der Waals surface area contributed by atoms with Gasteiger partial charge in [0.15, 0.2) is 0 Å². The van der Waals surface area contributed by atoms with Gasteiger partial charge >= 0.3 is 13.7 Å². The second-order valence-electron chi connectivity index (χ2n) is 7.31. The first-order chi connectivity index (χ1) is 14.3. The van der Waals surface area contributed by atoms with Crippen molar-refractivity contribution in [2.75, 3.05) is 18.4 Å². The molecule has 0 spiro atoms. The molecule has 9 heteroatoms. The zero-order valence-corrected chi connectivity index (χ0v) is 17.3. The van der Waals surface area contributed by atoms with E-state index in [1.54, 1.807) is 29.2 Å². The number of hydrogen-bond acceptors (Lipinski definition) is 4. The molecule has 0 aliphatic carbocycles. The van der Waals surface area contributed by atoms with E-state index >= 15 is 0 Å². The quantitative estimate of drug-likeness (QED) is 0.603. The lowest BCUT2D eigenvalue weighted by Crippen LogP contribution is -2.41. The molecular formula is C21H25N2O6P. The molecule has 0 radical (unpaired) electrons. The summed E-state index contributed by atoms with van der Waals surface area (Å²) in [6.45, 7) is 1.12. The average molecular weight is 432 g/mol. The molecule has 1 fully saturated rings. The third-order valence-corrected chi connectivity index (χ3v) is 5.72. The highest BCUT2D eigenvalue weighted by Crippen LogP contribution is 2.39. The topological polar surface area (TPSA) is 116 Å². The van der Waals surface area contributed by atoms with Crippen LogP contribution in [-0.4, -0.2) is 39.8 Å². The Morgan fingerprint density at radius 3 is 2.23 bits per heavy atom. The molecule has 160 valence electrons. The molecule has 1 heterocycles. The van der Waals surface area contributed by atoms with Crippen LogP contribution in [0.2, 0.25) is 0 Å². The summed E-state index contributed by atoms with van der Waals surface area (Å²) >= 11 is 0. The van der Waals surface area contributed by atoms with Gasteiger partial charge in [0.2, 0.25) is 5.91 Å². The van der Waals surface area contributed by atoms with Crippen molar-refractivity contribution >= 4 is 25.3 Å². The number of benzene rings is 2. The summed E-state index contributed by atoms with van der Waals surface area (Å²) in [7, 11) is -4.12. The van der Waals surface area contributed by atoms with Gasteiger partial charge in [0.25, 0.3) is 0 Å². The number of likely N-dealkylation sites (tertiary alicyclic amines) is 1. The van der Waals surface area contributed by atoms with Gasteiger partial charge in [-0.1, -0.05) is 42.5 Å². The minimum atomic E-state index is -4.12. The first-order valence-electron chi connectivity index (χ1n) is 9.70. The van der Waals surface area contributed by atoms with Crippen molar-refractivity contribution in [3.8, 4) is 0 Å². The van der Waals surface area contributed by atoms with E-state index in [1.165, 1.54) is 0 Å². The molecule has 0 unspecified atom stereocenters. The molecule has 1 aliphatic rings. The van der Waals surface area contributed by atoms with E-state index in [2.05, 4.69) is 5.32 Å². The van der Waals surface area contributed by atoms with Gasteiger partial charge in [-0.05, 0) is 36.1 Å². The fraction of sp³-hybridized carbons (Fsp3) is 0.333. The minimum Gasteiger partial charge on any atom is -0.445 e. The van der Waals surface area contributed by atoms with E-state index in [1.807, 2.05) is 30.3 Å². The molecule has 0 atom stereocenters. The van der Waals surface area contributed by atoms with Crippen LogP contribution in [0.3, 0.4) is 0 Å². The average Bonchev–Trinajstić information content (AvgIpc) is 2.73. The summed E-state index contributed by atoms with van der Waals surface area (Å²) in [5, 5.41) is 2.82. The van der Waals surface area contributed by atoms with Gasteiger partial charge in [0, 0.05) is 24.7 Å². The van der Waals surface area contributed by atoms with Crippen molar-refractivity contribution in [3.05, 3.63) is 65.7 Å². The van der Waals surface area contributed by atoms with E-state index in [-0.39, 0.29) is 30.7 Å². The number of carbonyl (C=O) groups is 2. The Bertz CT molecular complexity index is 905. The Balaban J connectivity index is 1.43. The van der Waals surface area contributed by atoms with Crippen LogP contribution in [-0.2, 0) is 26.9 Å². The number of ether oxygens (including phenoxy) is 1. The van der Waals surface area contributed by atoms with E-state index in [0.717, 1.165) is 5.56 Å². The Kier molecular flexibility index (Phi) is 7.26. The van der Waals surface area contributed by atoms with Crippen molar-refractivity contribution in [1.29, 1.82) is 0 Å². The predicted molar refractivity (Wildman–Crippen MR) is 112 cm³/mol. The molecule has 8 nitrogen and oxygen atoms in total. The van der Waals surface area contributed by atoms with Crippen LogP contribution < -0.4 is 5.32 Å². The number of hydrogen-bond donors (Lipinski definition) is 3. The van der Waals surface area contributed by atoms with Crippen LogP contribution in [0.1, 0.15) is 24.0 Å². The summed E-state index contributed by atoms with van der Waals surface area (Å²) in [4.78, 5) is 44.4. The lowest BCUT2D eigenvalue weighted by molar-refractivity contribution is -0.121. The van der Waals surface area contributed by atoms with E-state index < -0.39 is 7.60 Å². The summed E-state index contributed by atoms with van der Waals surface area (Å²) in [6, 6.07) is 15.9. The number of piperidine rings is 1. The summed E-state index contributed by atoms with van der Waals surface area (Å²) < 4.78 is 16.4. The van der Waals surface area contributed by atoms with Crippen molar-refractivity contribution in [1.82, 2.24) is 4.90 Å². The maximum Gasteiger partial charge on any atom is 0.410 e. The smallest absolute Gasteiger partial charge is 0.410 e. The van der Waals surface area contributed by atoms with Crippen molar-refractivity contribution in [3.63, 3.8) is 0 Å². The number of amides is 2. The van der Waals surface area contributed by atoms with Crippen LogP contribution in [0.4, 0.5) is 10.5 Å². The maximum atomic E-state index is 12.5. The molecule has 1 saturated heterocycles. The Labute approximate surface area is 175 Å². The van der Waals surface area contributed by atoms with Crippen LogP contribution in [0, 0.1) is 5.92 Å². The zero-order valence-electron chi connectivity index (χ0n) is 16.4. The largest absolute Gasteiger partial charge is 0.445 e. The Morgan fingerprint density at radius 2 is 1.63 bits per heavy atom. The van der Waals surface area contributed by atoms with Gasteiger partial charge in [-0.15, -0.1) is 0 Å². The van der Waals surface area contributed by atoms with Crippen molar-refractivity contribution in [2.45, 2.75) is 25.6 Å². The fourth-order valence-corrected chi connectivity index (χ4v) is 4.00. The maximum absolute atomic E-state index is 12.5. The Morgan fingerprint density at radius 1 is 1.00 bits per heavy atom. The standard InChI is InChI=1S/C21H25N2O6P/c24-20(22-19-8-6-17(7-9-19)15-30(26,27)28)18-10-12-23(13-11-18)21(25)29-14-16-4-2-1-3-5-16/h1-9,18H,10-15H2,(H,22,24)(H2,26,27,28). The normalized spacial score (nSPS) is 14.9. The zero-order chi connectivity index (χ0) is 21.6. The number of anilines is 1. The molecule has 1 aliphatic heterocycles. The Hall–Kier alpha value is -2.67. The molecular weight excluding hydrogens is 407 g/mol. The fourth-order valence-electron chi connectivity index (χ4n) is 3.31. The third kappa shape index (κ3) is 6.69. The van der Waals surface area contributed by atoms with Gasteiger partial charge in [-0.2, -0.15) is 0 Å². The molecule has 2 amide bonds. The monoisotopic (exact) mass is 432 g/mol. The minimum absolute atomic E-state index is 0.130. The lowest BCUT2D eigenvalue weighted by atomic mass is 9.96. The van der Waals surface area contributed by atoms with Gasteiger partial charge in [-0.3, -0.25) is 9.36 Å². The second kappa shape index (κ2) is 9.89. The summed E-state index contributed by atoms with van der Waals surface area (Å²) in [6.07, 6.45) is 0.379. The number of carbonyl (C=O) groups excluding carboxylic acids is 2. The van der Waals surface area contributed by atoms with Crippen molar-refractivity contribution < 1.29 is 28.7 Å². The van der Waals surface area contributed by atoms with Crippen LogP contribution in [0.5, 0.6) is 0 Å². The van der Waals surface area contributed by atoms with Gasteiger partial charge in [0.05, 0.1) is 6.16 Å². The van der Waals surface area contributed by atoms with Crippen LogP contribution in [0.25, 0.3) is 0 Å². The molecule has 2 aromatic rings. The van der Waals surface area contributed by atoms with Gasteiger partial charge in [0.1, 0.15) is 6.61 Å². The number of rotatable bonds is 6. The van der Waals surface area contributed by atoms with E-state index in [0.29, 0.717) is 37.2 Å². The lowest BCUT2D eigenvalue weighted by Gasteiger charge is -2.30. The molecule has 0 bridgehead atoms. The molecule has 2 aromatic carbocycles. The molecule has 3 rings (SSSR count). The van der Waals surface area contributed by atoms with E-state index in [4.69, 9.17) is 14.5 Å². The first kappa shape index (κ1) is 22.0. The van der Waals surface area contributed by atoms with Gasteiger partial charge in [-0.25, -0.2) is 4.79 Å². The molecule has 0 saturated carbocycles. The van der Waals surface area contributed by atoms with Crippen molar-refractivity contribution in [2.24, 2.45) is 5.92 Å². The molecule has 30 heavy (non-hydrogen) atoms. The molecule has 0 aromatic heterocycles. The summed E-state index contributed by atoms with van der Waals surface area (Å²) in [5.74, 6) is -0.340. The predicted octanol–water partition coefficient (Wildman–Crippen LogP) is 3.35. The SMILES string of the molecule is O=C(Nc1ccc(CP(=O)(O)O)cc1)C1CCN(C(=O)OCc2ccccc2)CC1. The van der Waals surface area contributed by atoms with Crippen LogP contribution in [0.15, 0.2) is 54.6 Å². The summed E-state index contributed by atoms with van der Waals surface area (Å²) in [5.41, 5.74) is 2.00. The highest BCUT2D eigenvalue weighted by molar-refractivity contribution is 7.50. The third-order valence-electron chi connectivity index (χ3n) is 4.94. The van der Waals surface area contributed by atoms with Gasteiger partial charge < -0.3 is 24.7 Å². The number of nitrogens with zero attached hydrogens (tertiary/aromatic N) is 1. The number of nitrogens with one attached hydrogen (secondary N) is 1. The van der Waals surface area contributed by atoms with Crippen LogP contribution >= 0.6 is 7.60 Å². The highest BCUT2D eigenvalue weighted by atomic mass is 31.2. The first-order valence-corrected chi connectivity index (χ1v) is 11.5. The second-order valence-corrected chi connectivity index (χ2v) is 8.96. The highest BCUT2D eigenvalue weighted by Gasteiger charge is 2.28. The molecule has 3 N–H and O–H groups in total. The van der Waals surface area contributed by atoms with E-state index in [9.17, 15) is 14.2 Å².